The van der Waals surface area contributed by atoms with E-state index in [1.807, 2.05) is 30.5 Å². The van der Waals surface area contributed by atoms with E-state index in [9.17, 15) is 0 Å². The molecule has 1 aliphatic rings. The molecule has 0 spiro atoms. The zero-order valence-corrected chi connectivity index (χ0v) is 14.2. The van der Waals surface area contributed by atoms with Crippen LogP contribution in [0.4, 0.5) is 5.82 Å². The molecule has 0 aromatic carbocycles. The van der Waals surface area contributed by atoms with Crippen molar-refractivity contribution in [2.45, 2.75) is 13.5 Å². The van der Waals surface area contributed by atoms with Crippen LogP contribution in [0.3, 0.4) is 0 Å². The second kappa shape index (κ2) is 6.66. The van der Waals surface area contributed by atoms with Gasteiger partial charge >= 0.3 is 0 Å². The van der Waals surface area contributed by atoms with E-state index in [2.05, 4.69) is 29.9 Å². The molecule has 0 atom stereocenters. The molecule has 0 bridgehead atoms. The molecule has 1 fully saturated rings. The molecule has 0 radical (unpaired) electrons. The SMILES string of the molecule is Cc1cc(N2CCN(Cc3nc(-c4cccs4)no3)CC2)ncn1. The topological polar surface area (TPSA) is 71.2 Å². The average molecular weight is 342 g/mol. The van der Waals surface area contributed by atoms with Gasteiger partial charge in [-0.25, -0.2) is 9.97 Å². The number of anilines is 1. The van der Waals surface area contributed by atoms with E-state index >= 15 is 0 Å². The number of aryl methyl sites for hydroxylation is 1. The van der Waals surface area contributed by atoms with Crippen molar-refractivity contribution in [2.75, 3.05) is 31.1 Å². The van der Waals surface area contributed by atoms with Crippen LogP contribution in [0.1, 0.15) is 11.6 Å². The smallest absolute Gasteiger partial charge is 0.241 e. The summed E-state index contributed by atoms with van der Waals surface area (Å²) in [4.78, 5) is 18.7. The summed E-state index contributed by atoms with van der Waals surface area (Å²) in [5.41, 5.74) is 0.995. The lowest BCUT2D eigenvalue weighted by Crippen LogP contribution is -2.46. The first-order valence-corrected chi connectivity index (χ1v) is 8.78. The predicted molar refractivity (Wildman–Crippen MR) is 91.9 cm³/mol. The molecule has 0 unspecified atom stereocenters. The van der Waals surface area contributed by atoms with Crippen molar-refractivity contribution < 1.29 is 4.52 Å². The fourth-order valence-corrected chi connectivity index (χ4v) is 3.41. The molecule has 0 aliphatic carbocycles. The largest absolute Gasteiger partial charge is 0.354 e. The predicted octanol–water partition coefficient (Wildman–Crippen LogP) is 2.22. The van der Waals surface area contributed by atoms with Gasteiger partial charge in [-0.2, -0.15) is 4.98 Å². The van der Waals surface area contributed by atoms with Crippen molar-refractivity contribution in [1.82, 2.24) is 25.0 Å². The van der Waals surface area contributed by atoms with Crippen LogP contribution in [0.15, 0.2) is 34.4 Å². The van der Waals surface area contributed by atoms with Gasteiger partial charge in [-0.3, -0.25) is 4.90 Å². The minimum absolute atomic E-state index is 0.671. The fraction of sp³-hybridized carbons (Fsp3) is 0.375. The number of rotatable bonds is 4. The highest BCUT2D eigenvalue weighted by Gasteiger charge is 2.20. The molecule has 124 valence electrons. The first-order chi connectivity index (χ1) is 11.8. The molecular weight excluding hydrogens is 324 g/mol. The Morgan fingerprint density at radius 2 is 2.08 bits per heavy atom. The van der Waals surface area contributed by atoms with Crippen LogP contribution in [-0.2, 0) is 6.54 Å². The van der Waals surface area contributed by atoms with E-state index < -0.39 is 0 Å². The van der Waals surface area contributed by atoms with Gasteiger partial charge in [-0.05, 0) is 18.4 Å². The molecule has 1 aliphatic heterocycles. The Morgan fingerprint density at radius 3 is 2.83 bits per heavy atom. The number of hydrogen-bond donors (Lipinski definition) is 0. The Balaban J connectivity index is 1.35. The highest BCUT2D eigenvalue weighted by Crippen LogP contribution is 2.22. The Morgan fingerprint density at radius 1 is 1.21 bits per heavy atom. The van der Waals surface area contributed by atoms with Gasteiger partial charge in [0.05, 0.1) is 11.4 Å². The molecule has 7 nitrogen and oxygen atoms in total. The number of piperazine rings is 1. The molecule has 1 saturated heterocycles. The molecule has 4 rings (SSSR count). The lowest BCUT2D eigenvalue weighted by molar-refractivity contribution is 0.215. The first kappa shape index (κ1) is 15.2. The van der Waals surface area contributed by atoms with Gasteiger partial charge in [-0.15, -0.1) is 11.3 Å². The maximum absolute atomic E-state index is 5.39. The van der Waals surface area contributed by atoms with E-state index in [4.69, 9.17) is 4.52 Å². The zero-order chi connectivity index (χ0) is 16.4. The minimum Gasteiger partial charge on any atom is -0.354 e. The molecule has 3 aromatic heterocycles. The lowest BCUT2D eigenvalue weighted by atomic mass is 10.3. The summed E-state index contributed by atoms with van der Waals surface area (Å²) in [5, 5.41) is 6.08. The van der Waals surface area contributed by atoms with Crippen molar-refractivity contribution >= 4 is 17.2 Å². The molecular formula is C16H18N6OS. The Labute approximate surface area is 144 Å². The van der Waals surface area contributed by atoms with E-state index in [-0.39, 0.29) is 0 Å². The van der Waals surface area contributed by atoms with Gasteiger partial charge in [0.1, 0.15) is 12.1 Å². The van der Waals surface area contributed by atoms with E-state index in [1.54, 1.807) is 17.7 Å². The van der Waals surface area contributed by atoms with Crippen LogP contribution in [0.25, 0.3) is 10.7 Å². The van der Waals surface area contributed by atoms with Crippen molar-refractivity contribution in [3.8, 4) is 10.7 Å². The maximum Gasteiger partial charge on any atom is 0.241 e. The third-order valence-electron chi connectivity index (χ3n) is 4.05. The van der Waals surface area contributed by atoms with Crippen LogP contribution in [0.2, 0.25) is 0 Å². The van der Waals surface area contributed by atoms with Crippen LogP contribution < -0.4 is 4.90 Å². The van der Waals surface area contributed by atoms with Crippen molar-refractivity contribution in [3.05, 3.63) is 41.5 Å². The summed E-state index contributed by atoms with van der Waals surface area (Å²) in [6.45, 7) is 6.43. The van der Waals surface area contributed by atoms with Gasteiger partial charge in [0.25, 0.3) is 0 Å². The second-order valence-corrected chi connectivity index (χ2v) is 6.72. The zero-order valence-electron chi connectivity index (χ0n) is 13.4. The fourth-order valence-electron chi connectivity index (χ4n) is 2.76. The molecule has 0 amide bonds. The van der Waals surface area contributed by atoms with Crippen LogP contribution in [0.5, 0.6) is 0 Å². The highest BCUT2D eigenvalue weighted by atomic mass is 32.1. The monoisotopic (exact) mass is 342 g/mol. The van der Waals surface area contributed by atoms with Crippen LogP contribution in [-0.4, -0.2) is 51.2 Å². The molecule has 3 aromatic rings. The van der Waals surface area contributed by atoms with Gasteiger partial charge < -0.3 is 9.42 Å². The van der Waals surface area contributed by atoms with E-state index in [1.165, 1.54) is 0 Å². The van der Waals surface area contributed by atoms with Crippen molar-refractivity contribution in [1.29, 1.82) is 0 Å². The van der Waals surface area contributed by atoms with E-state index in [0.717, 1.165) is 42.6 Å². The van der Waals surface area contributed by atoms with E-state index in [0.29, 0.717) is 18.3 Å². The number of thiophene rings is 1. The number of aromatic nitrogens is 4. The summed E-state index contributed by atoms with van der Waals surface area (Å²) < 4.78 is 5.39. The Bertz CT molecular complexity index is 795. The highest BCUT2D eigenvalue weighted by molar-refractivity contribution is 7.13. The Hall–Kier alpha value is -2.32. The number of hydrogen-bond acceptors (Lipinski definition) is 8. The van der Waals surface area contributed by atoms with Gasteiger partial charge in [-0.1, -0.05) is 11.2 Å². The molecule has 8 heteroatoms. The summed E-state index contributed by atoms with van der Waals surface area (Å²) in [7, 11) is 0. The van der Waals surface area contributed by atoms with Crippen molar-refractivity contribution in [3.63, 3.8) is 0 Å². The summed E-state index contributed by atoms with van der Waals surface area (Å²) in [5.74, 6) is 2.35. The normalized spacial score (nSPS) is 15.8. The van der Waals surface area contributed by atoms with Crippen LogP contribution >= 0.6 is 11.3 Å². The summed E-state index contributed by atoms with van der Waals surface area (Å²) in [6.07, 6.45) is 1.63. The molecule has 0 saturated carbocycles. The quantitative estimate of drug-likeness (QED) is 0.720. The van der Waals surface area contributed by atoms with Crippen molar-refractivity contribution in [2.24, 2.45) is 0 Å². The Kier molecular flexibility index (Phi) is 4.22. The second-order valence-electron chi connectivity index (χ2n) is 5.77. The van der Waals surface area contributed by atoms with Crippen LogP contribution in [0, 0.1) is 6.92 Å². The third-order valence-corrected chi connectivity index (χ3v) is 4.92. The molecule has 24 heavy (non-hydrogen) atoms. The summed E-state index contributed by atoms with van der Waals surface area (Å²) >= 11 is 1.62. The molecule has 0 N–H and O–H groups in total. The minimum atomic E-state index is 0.671. The standard InChI is InChI=1S/C16H18N6OS/c1-12-9-14(18-11-17-12)22-6-4-21(5-7-22)10-15-19-16(20-23-15)13-3-2-8-24-13/h2-3,8-9,11H,4-7,10H2,1H3. The summed E-state index contributed by atoms with van der Waals surface area (Å²) in [6, 6.07) is 6.02. The lowest BCUT2D eigenvalue weighted by Gasteiger charge is -2.34. The van der Waals surface area contributed by atoms with Gasteiger partial charge in [0.2, 0.25) is 11.7 Å². The number of nitrogens with zero attached hydrogens (tertiary/aromatic N) is 6. The van der Waals surface area contributed by atoms with Gasteiger partial charge in [0, 0.05) is 37.9 Å². The first-order valence-electron chi connectivity index (χ1n) is 7.90. The maximum atomic E-state index is 5.39. The average Bonchev–Trinajstić information content (AvgIpc) is 3.27. The third kappa shape index (κ3) is 3.29. The van der Waals surface area contributed by atoms with Gasteiger partial charge in [0.15, 0.2) is 0 Å². The molecule has 4 heterocycles.